The number of morpholine rings is 1. The lowest BCUT2D eigenvalue weighted by Gasteiger charge is -2.26. The number of rotatable bonds is 5. The number of hydrogen-bond donors (Lipinski definition) is 2. The first kappa shape index (κ1) is 19.5. The van der Waals surface area contributed by atoms with Crippen LogP contribution in [-0.2, 0) is 14.8 Å². The third-order valence-electron chi connectivity index (χ3n) is 4.17. The van der Waals surface area contributed by atoms with Crippen LogP contribution in [0.5, 0.6) is 0 Å². The fraction of sp³-hybridized carbons (Fsp3) is 0.294. The summed E-state index contributed by atoms with van der Waals surface area (Å²) in [5.41, 5.74) is 6.71. The molecule has 144 valence electrons. The summed E-state index contributed by atoms with van der Waals surface area (Å²) in [7, 11) is -3.77. The van der Waals surface area contributed by atoms with E-state index in [1.165, 1.54) is 16.4 Å². The highest BCUT2D eigenvalue weighted by Crippen LogP contribution is 2.27. The first-order valence-electron chi connectivity index (χ1n) is 8.18. The lowest BCUT2D eigenvalue weighted by atomic mass is 10.1. The predicted molar refractivity (Wildman–Crippen MR) is 102 cm³/mol. The van der Waals surface area contributed by atoms with E-state index in [9.17, 15) is 18.0 Å². The number of primary amides is 1. The number of nitrogens with two attached hydrogens (primary N) is 1. The molecule has 3 N–H and O–H groups in total. The van der Waals surface area contributed by atoms with Crippen LogP contribution in [0.15, 0.2) is 34.5 Å². The van der Waals surface area contributed by atoms with Crippen LogP contribution in [0.2, 0.25) is 0 Å². The average molecular weight is 409 g/mol. The SMILES string of the molecule is Cc1cc(NC(=O)c2sccc2S(=O)(=O)N2CCOCC2)ccc1C(N)=O. The third kappa shape index (κ3) is 4.03. The number of aryl methyl sites for hydroxylation is 1. The maximum Gasteiger partial charge on any atom is 0.267 e. The lowest BCUT2D eigenvalue weighted by Crippen LogP contribution is -2.41. The van der Waals surface area contributed by atoms with Gasteiger partial charge in [-0.15, -0.1) is 11.3 Å². The fourth-order valence-corrected chi connectivity index (χ4v) is 5.50. The van der Waals surface area contributed by atoms with Crippen LogP contribution in [0, 0.1) is 6.92 Å². The van der Waals surface area contributed by atoms with E-state index in [1.54, 1.807) is 24.4 Å². The van der Waals surface area contributed by atoms with Gasteiger partial charge in [0.05, 0.1) is 13.2 Å². The number of carbonyl (C=O) groups is 2. The van der Waals surface area contributed by atoms with Crippen molar-refractivity contribution < 1.29 is 22.7 Å². The minimum absolute atomic E-state index is 0.0163. The Balaban J connectivity index is 1.84. The molecule has 2 aromatic rings. The molecular weight excluding hydrogens is 390 g/mol. The summed E-state index contributed by atoms with van der Waals surface area (Å²) in [5, 5.41) is 4.25. The van der Waals surface area contributed by atoms with Gasteiger partial charge in [-0.25, -0.2) is 8.42 Å². The monoisotopic (exact) mass is 409 g/mol. The van der Waals surface area contributed by atoms with Crippen molar-refractivity contribution in [3.8, 4) is 0 Å². The summed E-state index contributed by atoms with van der Waals surface area (Å²) in [6, 6.07) is 6.12. The minimum Gasteiger partial charge on any atom is -0.379 e. The average Bonchev–Trinajstić information content (AvgIpc) is 3.13. The van der Waals surface area contributed by atoms with E-state index in [0.717, 1.165) is 11.3 Å². The van der Waals surface area contributed by atoms with Gasteiger partial charge in [-0.2, -0.15) is 4.31 Å². The van der Waals surface area contributed by atoms with Gasteiger partial charge in [-0.3, -0.25) is 9.59 Å². The third-order valence-corrected chi connectivity index (χ3v) is 7.16. The Labute approximate surface area is 161 Å². The molecule has 1 aromatic heterocycles. The molecule has 1 saturated heterocycles. The molecule has 0 saturated carbocycles. The molecule has 1 aromatic carbocycles. The molecule has 0 atom stereocenters. The number of hydrogen-bond acceptors (Lipinski definition) is 6. The molecule has 2 heterocycles. The van der Waals surface area contributed by atoms with Crippen LogP contribution in [-0.4, -0.2) is 50.8 Å². The Morgan fingerprint density at radius 1 is 1.22 bits per heavy atom. The van der Waals surface area contributed by atoms with E-state index < -0.39 is 21.8 Å². The maximum absolute atomic E-state index is 12.8. The van der Waals surface area contributed by atoms with Gasteiger partial charge in [-0.05, 0) is 42.1 Å². The Morgan fingerprint density at radius 2 is 1.93 bits per heavy atom. The van der Waals surface area contributed by atoms with Crippen molar-refractivity contribution in [1.29, 1.82) is 0 Å². The van der Waals surface area contributed by atoms with Gasteiger partial charge in [0.15, 0.2) is 0 Å². The zero-order valence-electron chi connectivity index (χ0n) is 14.6. The van der Waals surface area contributed by atoms with E-state index >= 15 is 0 Å². The van der Waals surface area contributed by atoms with Crippen LogP contribution in [0.1, 0.15) is 25.6 Å². The molecule has 0 radical (unpaired) electrons. The predicted octanol–water partition coefficient (Wildman–Crippen LogP) is 1.43. The van der Waals surface area contributed by atoms with Gasteiger partial charge >= 0.3 is 0 Å². The summed E-state index contributed by atoms with van der Waals surface area (Å²) >= 11 is 1.06. The van der Waals surface area contributed by atoms with Crippen LogP contribution in [0.25, 0.3) is 0 Å². The zero-order chi connectivity index (χ0) is 19.6. The molecule has 0 unspecified atom stereocenters. The number of ether oxygens (including phenoxy) is 1. The van der Waals surface area contributed by atoms with E-state index in [4.69, 9.17) is 10.5 Å². The number of thiophene rings is 1. The Morgan fingerprint density at radius 3 is 2.56 bits per heavy atom. The fourth-order valence-electron chi connectivity index (χ4n) is 2.80. The summed E-state index contributed by atoms with van der Waals surface area (Å²) < 4.78 is 32.2. The van der Waals surface area contributed by atoms with Gasteiger partial charge in [0.1, 0.15) is 9.77 Å². The van der Waals surface area contributed by atoms with Crippen molar-refractivity contribution in [2.45, 2.75) is 11.8 Å². The van der Waals surface area contributed by atoms with Crippen LogP contribution >= 0.6 is 11.3 Å². The summed E-state index contributed by atoms with van der Waals surface area (Å²) in [6.45, 7) is 2.88. The second-order valence-electron chi connectivity index (χ2n) is 5.98. The molecular formula is C17H19N3O5S2. The first-order chi connectivity index (χ1) is 12.8. The molecule has 27 heavy (non-hydrogen) atoms. The van der Waals surface area contributed by atoms with E-state index in [1.807, 2.05) is 0 Å². The summed E-state index contributed by atoms with van der Waals surface area (Å²) in [6.07, 6.45) is 0. The molecule has 0 spiro atoms. The molecule has 1 aliphatic rings. The molecule has 2 amide bonds. The molecule has 8 nitrogen and oxygen atoms in total. The van der Waals surface area contributed by atoms with Crippen molar-refractivity contribution in [3.05, 3.63) is 45.6 Å². The number of nitrogens with one attached hydrogen (secondary N) is 1. The molecule has 0 bridgehead atoms. The molecule has 10 heteroatoms. The van der Waals surface area contributed by atoms with Crippen LogP contribution in [0.4, 0.5) is 5.69 Å². The number of benzene rings is 1. The van der Waals surface area contributed by atoms with Crippen LogP contribution in [0.3, 0.4) is 0 Å². The van der Waals surface area contributed by atoms with Crippen molar-refractivity contribution >= 4 is 38.9 Å². The van der Waals surface area contributed by atoms with Crippen molar-refractivity contribution in [1.82, 2.24) is 4.31 Å². The molecule has 1 aliphatic heterocycles. The van der Waals surface area contributed by atoms with E-state index in [2.05, 4.69) is 5.32 Å². The van der Waals surface area contributed by atoms with Gasteiger partial charge in [0.25, 0.3) is 5.91 Å². The topological polar surface area (TPSA) is 119 Å². The van der Waals surface area contributed by atoms with Gasteiger partial charge in [-0.1, -0.05) is 0 Å². The highest BCUT2D eigenvalue weighted by Gasteiger charge is 2.31. The largest absolute Gasteiger partial charge is 0.379 e. The van der Waals surface area contributed by atoms with Crippen molar-refractivity contribution in [2.75, 3.05) is 31.6 Å². The van der Waals surface area contributed by atoms with Crippen molar-refractivity contribution in [2.24, 2.45) is 5.73 Å². The zero-order valence-corrected chi connectivity index (χ0v) is 16.2. The number of amides is 2. The van der Waals surface area contributed by atoms with Crippen LogP contribution < -0.4 is 11.1 Å². The smallest absolute Gasteiger partial charge is 0.267 e. The first-order valence-corrected chi connectivity index (χ1v) is 10.5. The van der Waals surface area contributed by atoms with Gasteiger partial charge < -0.3 is 15.8 Å². The number of nitrogens with zero attached hydrogens (tertiary/aromatic N) is 1. The van der Waals surface area contributed by atoms with Gasteiger partial charge in [0, 0.05) is 24.3 Å². The van der Waals surface area contributed by atoms with E-state index in [0.29, 0.717) is 30.0 Å². The van der Waals surface area contributed by atoms with Gasteiger partial charge in [0.2, 0.25) is 15.9 Å². The normalized spacial score (nSPS) is 15.4. The highest BCUT2D eigenvalue weighted by molar-refractivity contribution is 7.89. The molecule has 0 aliphatic carbocycles. The quantitative estimate of drug-likeness (QED) is 0.774. The highest BCUT2D eigenvalue weighted by atomic mass is 32.2. The van der Waals surface area contributed by atoms with E-state index in [-0.39, 0.29) is 22.9 Å². The summed E-state index contributed by atoms with van der Waals surface area (Å²) in [5.74, 6) is -1.08. The number of anilines is 1. The summed E-state index contributed by atoms with van der Waals surface area (Å²) in [4.78, 5) is 24.1. The second-order valence-corrected chi connectivity index (χ2v) is 8.80. The Bertz CT molecular complexity index is 978. The maximum atomic E-state index is 12.8. The Hall–Kier alpha value is -2.27. The second kappa shape index (κ2) is 7.77. The number of sulfonamides is 1. The minimum atomic E-state index is -3.77. The Kier molecular flexibility index (Phi) is 5.61. The number of carbonyl (C=O) groups excluding carboxylic acids is 2. The standard InChI is InChI=1S/C17H19N3O5S2/c1-11-10-12(2-3-13(11)16(18)21)19-17(22)15-14(4-9-26-15)27(23,24)20-5-7-25-8-6-20/h2-4,9-10H,5-8H2,1H3,(H2,18,21)(H,19,22). The molecule has 1 fully saturated rings. The lowest BCUT2D eigenvalue weighted by molar-refractivity contribution is 0.0730. The molecule has 3 rings (SSSR count). The van der Waals surface area contributed by atoms with Crippen molar-refractivity contribution in [3.63, 3.8) is 0 Å².